The number of halogens is 1. The maximum absolute atomic E-state index is 14.5. The van der Waals surface area contributed by atoms with E-state index in [4.69, 9.17) is 19.5 Å². The number of piperazine rings is 1. The van der Waals surface area contributed by atoms with Gasteiger partial charge in [-0.3, -0.25) is 14.6 Å². The van der Waals surface area contributed by atoms with E-state index >= 15 is 0 Å². The van der Waals surface area contributed by atoms with Gasteiger partial charge in [0, 0.05) is 44.3 Å². The molecule has 0 amide bonds. The van der Waals surface area contributed by atoms with E-state index in [2.05, 4.69) is 9.80 Å². The molecule has 3 atom stereocenters. The number of hydrogen-bond acceptors (Lipinski definition) is 8. The van der Waals surface area contributed by atoms with Crippen molar-refractivity contribution in [3.63, 3.8) is 0 Å². The second kappa shape index (κ2) is 9.55. The van der Waals surface area contributed by atoms with Crippen molar-refractivity contribution in [1.82, 2.24) is 9.80 Å². The van der Waals surface area contributed by atoms with Crippen LogP contribution in [0.5, 0.6) is 11.5 Å². The molecule has 2 saturated heterocycles. The molecule has 0 radical (unpaired) electrons. The van der Waals surface area contributed by atoms with Gasteiger partial charge in [-0.25, -0.2) is 4.39 Å². The zero-order chi connectivity index (χ0) is 24.7. The summed E-state index contributed by atoms with van der Waals surface area (Å²) in [5.41, 5.74) is 2.87. The number of Topliss-reactive ketones (excluding diaryl/α,β-unsaturated/α-hetero) is 1. The summed E-state index contributed by atoms with van der Waals surface area (Å²) >= 11 is 0. The quantitative estimate of drug-likeness (QED) is 0.696. The van der Waals surface area contributed by atoms with Gasteiger partial charge in [-0.2, -0.15) is 5.26 Å². The van der Waals surface area contributed by atoms with Crippen LogP contribution in [0.15, 0.2) is 24.3 Å². The number of carbonyl (C=O) groups is 1. The molecule has 9 heteroatoms. The number of nitriles is 1. The van der Waals surface area contributed by atoms with Gasteiger partial charge < -0.3 is 19.3 Å². The Bertz CT molecular complexity index is 1200. The summed E-state index contributed by atoms with van der Waals surface area (Å²) in [7, 11) is 1.33. The van der Waals surface area contributed by atoms with Gasteiger partial charge in [-0.1, -0.05) is 12.1 Å². The second-order valence-corrected chi connectivity index (χ2v) is 9.28. The highest BCUT2D eigenvalue weighted by molar-refractivity contribution is 6.02. The average molecular weight is 482 g/mol. The fourth-order valence-electron chi connectivity index (χ4n) is 5.35. The summed E-state index contributed by atoms with van der Waals surface area (Å²) in [6.07, 6.45) is -1.05. The molecule has 1 N–H and O–H groups in total. The minimum Gasteiger partial charge on any atom is -0.493 e. The topological polar surface area (TPSA) is 95.3 Å². The lowest BCUT2D eigenvalue weighted by Gasteiger charge is -2.46. The Morgan fingerprint density at radius 2 is 2.11 bits per heavy atom. The molecule has 5 rings (SSSR count). The van der Waals surface area contributed by atoms with Gasteiger partial charge in [0.15, 0.2) is 18.2 Å². The number of aliphatic hydroxyl groups is 1. The maximum atomic E-state index is 14.5. The van der Waals surface area contributed by atoms with Gasteiger partial charge in [-0.05, 0) is 30.2 Å². The minimum atomic E-state index is -0.951. The molecule has 0 spiro atoms. The van der Waals surface area contributed by atoms with Crippen LogP contribution in [0.2, 0.25) is 0 Å². The first-order valence-electron chi connectivity index (χ1n) is 11.7. The number of rotatable bonds is 5. The number of methoxy groups -OCH3 is 1. The molecule has 0 aromatic heterocycles. The SMILES string of the molecule is COc1c(C(O)CN2CCN3C[C@@H](c4ccc5c(c4C)OCC5=O)OC[C@H]3C2)ccc(C#N)c1F. The van der Waals surface area contributed by atoms with Crippen LogP contribution in [-0.2, 0) is 4.74 Å². The molecule has 0 bridgehead atoms. The summed E-state index contributed by atoms with van der Waals surface area (Å²) in [5.74, 6) is -0.153. The molecular weight excluding hydrogens is 453 g/mol. The van der Waals surface area contributed by atoms with E-state index in [0.29, 0.717) is 36.6 Å². The van der Waals surface area contributed by atoms with E-state index < -0.39 is 11.9 Å². The molecular formula is C26H28FN3O5. The van der Waals surface area contributed by atoms with Crippen LogP contribution >= 0.6 is 0 Å². The van der Waals surface area contributed by atoms with Gasteiger partial charge in [-0.15, -0.1) is 0 Å². The van der Waals surface area contributed by atoms with Crippen LogP contribution in [-0.4, -0.2) is 79.8 Å². The van der Waals surface area contributed by atoms with E-state index in [-0.39, 0.29) is 35.8 Å². The molecule has 3 aliphatic rings. The Labute approximate surface area is 203 Å². The number of morpholine rings is 1. The summed E-state index contributed by atoms with van der Waals surface area (Å²) in [5, 5.41) is 19.9. The van der Waals surface area contributed by atoms with Gasteiger partial charge in [0.1, 0.15) is 11.8 Å². The van der Waals surface area contributed by atoms with Gasteiger partial charge in [0.2, 0.25) is 5.78 Å². The summed E-state index contributed by atoms with van der Waals surface area (Å²) in [6, 6.07) is 8.70. The third-order valence-electron chi connectivity index (χ3n) is 7.26. The fraction of sp³-hybridized carbons (Fsp3) is 0.462. The lowest BCUT2D eigenvalue weighted by Crippen LogP contribution is -2.58. The van der Waals surface area contributed by atoms with Crippen LogP contribution in [0.4, 0.5) is 4.39 Å². The fourth-order valence-corrected chi connectivity index (χ4v) is 5.35. The van der Waals surface area contributed by atoms with E-state index in [1.165, 1.54) is 13.2 Å². The number of benzene rings is 2. The average Bonchev–Trinajstić information content (AvgIpc) is 3.25. The van der Waals surface area contributed by atoms with Crippen molar-refractivity contribution in [3.05, 3.63) is 57.9 Å². The number of aliphatic hydroxyl groups excluding tert-OH is 1. The summed E-state index contributed by atoms with van der Waals surface area (Å²) < 4.78 is 31.5. The van der Waals surface area contributed by atoms with Crippen LogP contribution in [0.25, 0.3) is 0 Å². The first-order chi connectivity index (χ1) is 16.9. The largest absolute Gasteiger partial charge is 0.493 e. The third kappa shape index (κ3) is 4.28. The van der Waals surface area contributed by atoms with Crippen molar-refractivity contribution in [2.45, 2.75) is 25.2 Å². The zero-order valence-electron chi connectivity index (χ0n) is 19.8. The smallest absolute Gasteiger partial charge is 0.203 e. The van der Waals surface area contributed by atoms with Crippen molar-refractivity contribution in [3.8, 4) is 17.6 Å². The normalized spacial score (nSPS) is 23.2. The van der Waals surface area contributed by atoms with E-state index in [1.807, 2.05) is 19.1 Å². The Morgan fingerprint density at radius 3 is 2.89 bits per heavy atom. The molecule has 3 aliphatic heterocycles. The van der Waals surface area contributed by atoms with E-state index in [0.717, 1.165) is 30.8 Å². The van der Waals surface area contributed by atoms with Crippen LogP contribution in [0.1, 0.15) is 44.8 Å². The molecule has 35 heavy (non-hydrogen) atoms. The van der Waals surface area contributed by atoms with Gasteiger partial charge >= 0.3 is 0 Å². The first-order valence-corrected chi connectivity index (χ1v) is 11.7. The minimum absolute atomic E-state index is 0.0129. The molecule has 2 fully saturated rings. The molecule has 8 nitrogen and oxygen atoms in total. The second-order valence-electron chi connectivity index (χ2n) is 9.28. The maximum Gasteiger partial charge on any atom is 0.203 e. The number of fused-ring (bicyclic) bond motifs is 2. The van der Waals surface area contributed by atoms with E-state index in [9.17, 15) is 14.3 Å². The number of β-amino-alcohol motifs (C(OH)–C–C–N with tert-alkyl or cyclic N) is 1. The highest BCUT2D eigenvalue weighted by Crippen LogP contribution is 2.37. The van der Waals surface area contributed by atoms with Crippen LogP contribution in [0, 0.1) is 24.1 Å². The number of hydrogen-bond donors (Lipinski definition) is 1. The summed E-state index contributed by atoms with van der Waals surface area (Å²) in [4.78, 5) is 16.5. The molecule has 184 valence electrons. The predicted molar refractivity (Wildman–Crippen MR) is 124 cm³/mol. The molecule has 0 aliphatic carbocycles. The zero-order valence-corrected chi connectivity index (χ0v) is 19.8. The van der Waals surface area contributed by atoms with Gasteiger partial charge in [0.25, 0.3) is 0 Å². The lowest BCUT2D eigenvalue weighted by atomic mass is 9.96. The highest BCUT2D eigenvalue weighted by atomic mass is 19.1. The Kier molecular flexibility index (Phi) is 6.47. The predicted octanol–water partition coefficient (Wildman–Crippen LogP) is 2.38. The molecule has 2 aromatic carbocycles. The molecule has 3 heterocycles. The monoisotopic (exact) mass is 481 g/mol. The Hall–Kier alpha value is -3.03. The molecule has 2 aromatic rings. The van der Waals surface area contributed by atoms with Crippen molar-refractivity contribution >= 4 is 5.78 Å². The third-order valence-corrected chi connectivity index (χ3v) is 7.26. The number of ether oxygens (including phenoxy) is 3. The van der Waals surface area contributed by atoms with E-state index in [1.54, 1.807) is 12.1 Å². The van der Waals surface area contributed by atoms with Crippen molar-refractivity contribution in [1.29, 1.82) is 5.26 Å². The standard InChI is InChI=1S/C26H28FN3O5/c1-15-18(5-6-20-22(32)14-35-25(15)20)23-12-30-8-7-29(10-17(30)13-34-23)11-21(31)19-4-3-16(9-28)24(27)26(19)33-2/h3-6,17,21,23,31H,7-8,10-14H2,1-2H3/t17-,21?,23+/m1/s1. The van der Waals surface area contributed by atoms with Crippen molar-refractivity contribution < 1.29 is 28.5 Å². The molecule has 1 unspecified atom stereocenters. The van der Waals surface area contributed by atoms with Crippen LogP contribution < -0.4 is 9.47 Å². The highest BCUT2D eigenvalue weighted by Gasteiger charge is 2.36. The van der Waals surface area contributed by atoms with Crippen LogP contribution in [0.3, 0.4) is 0 Å². The number of ketones is 1. The van der Waals surface area contributed by atoms with Crippen molar-refractivity contribution in [2.24, 2.45) is 0 Å². The number of nitrogens with zero attached hydrogens (tertiary/aromatic N) is 3. The molecule has 0 saturated carbocycles. The summed E-state index contributed by atoms with van der Waals surface area (Å²) in [6.45, 7) is 5.96. The van der Waals surface area contributed by atoms with Gasteiger partial charge in [0.05, 0.1) is 37.1 Å². The lowest BCUT2D eigenvalue weighted by molar-refractivity contribution is -0.0939. The van der Waals surface area contributed by atoms with Crippen molar-refractivity contribution in [2.75, 3.05) is 53.0 Å². The number of carbonyl (C=O) groups excluding carboxylic acids is 1. The Morgan fingerprint density at radius 1 is 1.29 bits per heavy atom. The first kappa shape index (κ1) is 23.7. The Balaban J connectivity index is 1.23.